The van der Waals surface area contributed by atoms with Gasteiger partial charge in [0.15, 0.2) is 6.61 Å². The fourth-order valence-electron chi connectivity index (χ4n) is 2.74. The lowest BCUT2D eigenvalue weighted by molar-refractivity contribution is -0.118. The zero-order valence-electron chi connectivity index (χ0n) is 18.3. The lowest BCUT2D eigenvalue weighted by atomic mass is 9.82. The molecule has 0 saturated carbocycles. The van der Waals surface area contributed by atoms with E-state index >= 15 is 0 Å². The third-order valence-corrected chi connectivity index (χ3v) is 4.82. The number of anilines is 1. The van der Waals surface area contributed by atoms with Crippen LogP contribution in [0.5, 0.6) is 5.75 Å². The monoisotopic (exact) mass is 396 g/mol. The van der Waals surface area contributed by atoms with E-state index in [1.807, 2.05) is 45.0 Å². The van der Waals surface area contributed by atoms with Crippen LogP contribution in [0.1, 0.15) is 63.9 Å². The Morgan fingerprint density at radius 3 is 2.14 bits per heavy atom. The highest BCUT2D eigenvalue weighted by molar-refractivity contribution is 6.04. The normalized spacial score (nSPS) is 11.7. The van der Waals surface area contributed by atoms with Gasteiger partial charge >= 0.3 is 0 Å². The molecule has 5 nitrogen and oxygen atoms in total. The molecule has 2 aromatic carbocycles. The lowest BCUT2D eigenvalue weighted by Gasteiger charge is -2.23. The average molecular weight is 397 g/mol. The molecular weight excluding hydrogens is 364 g/mol. The summed E-state index contributed by atoms with van der Waals surface area (Å²) in [5.74, 6) is 0.0805. The second-order valence-corrected chi connectivity index (χ2v) is 8.85. The minimum Gasteiger partial charge on any atom is -0.484 e. The van der Waals surface area contributed by atoms with Gasteiger partial charge < -0.3 is 15.4 Å². The van der Waals surface area contributed by atoms with Crippen molar-refractivity contribution >= 4 is 17.5 Å². The Morgan fingerprint density at radius 1 is 0.931 bits per heavy atom. The summed E-state index contributed by atoms with van der Waals surface area (Å²) in [6.45, 7) is 12.2. The number of carbonyl (C=O) groups excluding carboxylic acids is 2. The SMILES string of the molecule is CCC(C)(C)c1ccc(OCC(=O)Nc2ccccc2C(=O)NC(C)(C)C)cc1. The molecule has 0 unspecified atom stereocenters. The number of amides is 2. The molecule has 0 bridgehead atoms. The van der Waals surface area contributed by atoms with Gasteiger partial charge in [0.2, 0.25) is 0 Å². The van der Waals surface area contributed by atoms with Gasteiger partial charge in [-0.15, -0.1) is 0 Å². The molecule has 0 heterocycles. The molecular formula is C24H32N2O3. The fraction of sp³-hybridized carbons (Fsp3) is 0.417. The third kappa shape index (κ3) is 6.63. The first kappa shape index (κ1) is 22.5. The summed E-state index contributed by atoms with van der Waals surface area (Å²) >= 11 is 0. The number of para-hydroxylation sites is 1. The van der Waals surface area contributed by atoms with Crippen molar-refractivity contribution in [2.75, 3.05) is 11.9 Å². The summed E-state index contributed by atoms with van der Waals surface area (Å²) < 4.78 is 5.61. The van der Waals surface area contributed by atoms with Crippen LogP contribution < -0.4 is 15.4 Å². The largest absolute Gasteiger partial charge is 0.484 e. The highest BCUT2D eigenvalue weighted by Gasteiger charge is 2.19. The maximum atomic E-state index is 12.5. The van der Waals surface area contributed by atoms with Gasteiger partial charge in [-0.25, -0.2) is 0 Å². The van der Waals surface area contributed by atoms with Crippen molar-refractivity contribution in [1.82, 2.24) is 5.32 Å². The number of hydrogen-bond acceptors (Lipinski definition) is 3. The Labute approximate surface area is 173 Å². The van der Waals surface area contributed by atoms with E-state index in [9.17, 15) is 9.59 Å². The van der Waals surface area contributed by atoms with Crippen LogP contribution in [0, 0.1) is 0 Å². The summed E-state index contributed by atoms with van der Waals surface area (Å²) in [5.41, 5.74) is 1.85. The predicted octanol–water partition coefficient (Wildman–Crippen LogP) is 4.92. The van der Waals surface area contributed by atoms with Crippen LogP contribution >= 0.6 is 0 Å². The van der Waals surface area contributed by atoms with Crippen LogP contribution in [0.15, 0.2) is 48.5 Å². The van der Waals surface area contributed by atoms with E-state index in [1.165, 1.54) is 5.56 Å². The summed E-state index contributed by atoms with van der Waals surface area (Å²) in [5, 5.41) is 5.68. The molecule has 0 saturated heterocycles. The third-order valence-electron chi connectivity index (χ3n) is 4.82. The first-order valence-electron chi connectivity index (χ1n) is 9.96. The van der Waals surface area contributed by atoms with Crippen LogP contribution in [0.25, 0.3) is 0 Å². The first-order valence-corrected chi connectivity index (χ1v) is 9.96. The van der Waals surface area contributed by atoms with Crippen molar-refractivity contribution < 1.29 is 14.3 Å². The molecule has 2 aromatic rings. The Morgan fingerprint density at radius 2 is 1.55 bits per heavy atom. The molecule has 0 radical (unpaired) electrons. The predicted molar refractivity (Wildman–Crippen MR) is 118 cm³/mol. The van der Waals surface area contributed by atoms with E-state index in [1.54, 1.807) is 24.3 Å². The fourth-order valence-corrected chi connectivity index (χ4v) is 2.74. The Balaban J connectivity index is 1.99. The standard InChI is InChI=1S/C24H32N2O3/c1-7-24(5,6)17-12-14-18(15-13-17)29-16-21(27)25-20-11-9-8-10-19(20)22(28)26-23(2,3)4/h8-15H,7,16H2,1-6H3,(H,25,27)(H,26,28). The minimum absolute atomic E-state index is 0.104. The number of carbonyl (C=O) groups is 2. The maximum absolute atomic E-state index is 12.5. The quantitative estimate of drug-likeness (QED) is 0.698. The van der Waals surface area contributed by atoms with E-state index in [-0.39, 0.29) is 29.4 Å². The molecule has 5 heteroatoms. The molecule has 0 aliphatic rings. The smallest absolute Gasteiger partial charge is 0.262 e. The van der Waals surface area contributed by atoms with E-state index in [2.05, 4.69) is 31.4 Å². The molecule has 0 aliphatic carbocycles. The highest BCUT2D eigenvalue weighted by atomic mass is 16.5. The number of hydrogen-bond donors (Lipinski definition) is 2. The Bertz CT molecular complexity index is 849. The zero-order chi connectivity index (χ0) is 21.7. The molecule has 2 N–H and O–H groups in total. The summed E-state index contributed by atoms with van der Waals surface area (Å²) in [6, 6.07) is 14.8. The molecule has 0 spiro atoms. The maximum Gasteiger partial charge on any atom is 0.262 e. The van der Waals surface area contributed by atoms with Gasteiger partial charge in [-0.1, -0.05) is 45.0 Å². The van der Waals surface area contributed by atoms with Crippen molar-refractivity contribution in [2.24, 2.45) is 0 Å². The molecule has 0 atom stereocenters. The van der Waals surface area contributed by atoms with Crippen molar-refractivity contribution in [3.05, 3.63) is 59.7 Å². The van der Waals surface area contributed by atoms with Gasteiger partial charge in [0.1, 0.15) is 5.75 Å². The van der Waals surface area contributed by atoms with Gasteiger partial charge in [0.05, 0.1) is 11.3 Å². The van der Waals surface area contributed by atoms with Crippen molar-refractivity contribution in [3.63, 3.8) is 0 Å². The summed E-state index contributed by atoms with van der Waals surface area (Å²) in [7, 11) is 0. The molecule has 2 amide bonds. The van der Waals surface area contributed by atoms with Crippen molar-refractivity contribution in [3.8, 4) is 5.75 Å². The number of nitrogens with one attached hydrogen (secondary N) is 2. The van der Waals surface area contributed by atoms with Crippen LogP contribution in [0.4, 0.5) is 5.69 Å². The van der Waals surface area contributed by atoms with E-state index in [4.69, 9.17) is 4.74 Å². The van der Waals surface area contributed by atoms with Crippen LogP contribution in [0.2, 0.25) is 0 Å². The van der Waals surface area contributed by atoms with E-state index < -0.39 is 0 Å². The first-order chi connectivity index (χ1) is 13.5. The average Bonchev–Trinajstić information content (AvgIpc) is 2.65. The van der Waals surface area contributed by atoms with Crippen LogP contribution in [0.3, 0.4) is 0 Å². The number of benzene rings is 2. The molecule has 2 rings (SSSR count). The lowest BCUT2D eigenvalue weighted by Crippen LogP contribution is -2.41. The van der Waals surface area contributed by atoms with Gasteiger partial charge in [-0.05, 0) is 62.4 Å². The van der Waals surface area contributed by atoms with Crippen molar-refractivity contribution in [1.29, 1.82) is 0 Å². The zero-order valence-corrected chi connectivity index (χ0v) is 18.3. The number of ether oxygens (including phenoxy) is 1. The summed E-state index contributed by atoms with van der Waals surface area (Å²) in [4.78, 5) is 24.8. The second-order valence-electron chi connectivity index (χ2n) is 8.85. The Hall–Kier alpha value is -2.82. The molecule has 29 heavy (non-hydrogen) atoms. The van der Waals surface area contributed by atoms with Gasteiger partial charge in [-0.2, -0.15) is 0 Å². The molecule has 0 aliphatic heterocycles. The second kappa shape index (κ2) is 9.12. The summed E-state index contributed by atoms with van der Waals surface area (Å²) in [6.07, 6.45) is 1.04. The van der Waals surface area contributed by atoms with Crippen molar-refractivity contribution in [2.45, 2.75) is 58.9 Å². The van der Waals surface area contributed by atoms with Gasteiger partial charge in [0.25, 0.3) is 11.8 Å². The van der Waals surface area contributed by atoms with E-state index in [0.717, 1.165) is 6.42 Å². The van der Waals surface area contributed by atoms with Gasteiger partial charge in [-0.3, -0.25) is 9.59 Å². The molecule has 156 valence electrons. The van der Waals surface area contributed by atoms with Crippen LogP contribution in [-0.4, -0.2) is 24.0 Å². The molecule has 0 fully saturated rings. The van der Waals surface area contributed by atoms with Crippen LogP contribution in [-0.2, 0) is 10.2 Å². The minimum atomic E-state index is -0.365. The highest BCUT2D eigenvalue weighted by Crippen LogP contribution is 2.28. The van der Waals surface area contributed by atoms with Gasteiger partial charge in [0, 0.05) is 5.54 Å². The van der Waals surface area contributed by atoms with E-state index in [0.29, 0.717) is 17.0 Å². The topological polar surface area (TPSA) is 67.4 Å². The molecule has 0 aromatic heterocycles. The Kier molecular flexibility index (Phi) is 7.07. The number of rotatable bonds is 7.